The zero-order valence-electron chi connectivity index (χ0n) is 9.51. The van der Waals surface area contributed by atoms with E-state index < -0.39 is 0 Å². The molecule has 2 aromatic rings. The predicted molar refractivity (Wildman–Crippen MR) is 69.3 cm³/mol. The maximum atomic E-state index is 8.64. The van der Waals surface area contributed by atoms with Gasteiger partial charge in [0.05, 0.1) is 6.61 Å². The molecule has 0 saturated heterocycles. The van der Waals surface area contributed by atoms with Gasteiger partial charge in [0.25, 0.3) is 0 Å². The first-order chi connectivity index (χ1) is 8.78. The van der Waals surface area contributed by atoms with E-state index in [-0.39, 0.29) is 18.5 Å². The third kappa shape index (κ3) is 3.58. The van der Waals surface area contributed by atoms with Crippen molar-refractivity contribution in [1.29, 1.82) is 0 Å². The van der Waals surface area contributed by atoms with Gasteiger partial charge in [-0.2, -0.15) is 0 Å². The molecule has 0 bridgehead atoms. The Labute approximate surface area is 109 Å². The van der Waals surface area contributed by atoms with Gasteiger partial charge in [-0.05, 0) is 41.9 Å². The number of aliphatic hydroxyl groups excluding tert-OH is 1. The first-order valence-corrected chi connectivity index (χ1v) is 5.75. The molecule has 5 nitrogen and oxygen atoms in total. The van der Waals surface area contributed by atoms with Crippen LogP contribution in [0, 0.1) is 0 Å². The van der Waals surface area contributed by atoms with Crippen molar-refractivity contribution < 1.29 is 9.84 Å². The Hall–Kier alpha value is -1.85. The molecule has 0 fully saturated rings. The minimum atomic E-state index is -0.000560. The number of nitrogens with zero attached hydrogens (tertiary/aromatic N) is 2. The van der Waals surface area contributed by atoms with Crippen LogP contribution in [0.25, 0.3) is 0 Å². The molecule has 0 amide bonds. The predicted octanol–water partition coefficient (Wildman–Crippen LogP) is 2.24. The Kier molecular flexibility index (Phi) is 4.33. The first-order valence-electron chi connectivity index (χ1n) is 5.37. The summed E-state index contributed by atoms with van der Waals surface area (Å²) in [7, 11) is 0. The average molecular weight is 266 g/mol. The minimum Gasteiger partial charge on any atom is -0.491 e. The molecule has 2 N–H and O–H groups in total. The minimum absolute atomic E-state index is 0.000560. The van der Waals surface area contributed by atoms with Crippen molar-refractivity contribution >= 4 is 23.1 Å². The molecule has 1 aromatic carbocycles. The van der Waals surface area contributed by atoms with Crippen molar-refractivity contribution in [1.82, 2.24) is 9.97 Å². The molecule has 94 valence electrons. The second-order valence-electron chi connectivity index (χ2n) is 3.43. The van der Waals surface area contributed by atoms with Gasteiger partial charge in [-0.3, -0.25) is 0 Å². The van der Waals surface area contributed by atoms with Crippen LogP contribution in [-0.4, -0.2) is 28.3 Å². The molecule has 1 heterocycles. The first kappa shape index (κ1) is 12.6. The maximum Gasteiger partial charge on any atom is 0.224 e. The largest absolute Gasteiger partial charge is 0.491 e. The highest BCUT2D eigenvalue weighted by atomic mass is 35.5. The van der Waals surface area contributed by atoms with Crippen LogP contribution in [0.1, 0.15) is 0 Å². The van der Waals surface area contributed by atoms with Gasteiger partial charge < -0.3 is 15.2 Å². The van der Waals surface area contributed by atoms with Crippen molar-refractivity contribution in [2.75, 3.05) is 18.5 Å². The molecule has 18 heavy (non-hydrogen) atoms. The molecule has 0 saturated carbocycles. The fourth-order valence-electron chi connectivity index (χ4n) is 1.35. The van der Waals surface area contributed by atoms with Crippen molar-refractivity contribution in [3.05, 3.63) is 41.8 Å². The summed E-state index contributed by atoms with van der Waals surface area (Å²) >= 11 is 5.69. The second-order valence-corrected chi connectivity index (χ2v) is 3.77. The molecule has 0 spiro atoms. The fraction of sp³-hybridized carbons (Fsp3) is 0.167. The number of ether oxygens (including phenoxy) is 1. The zero-order chi connectivity index (χ0) is 12.8. The van der Waals surface area contributed by atoms with Crippen molar-refractivity contribution in [3.63, 3.8) is 0 Å². The van der Waals surface area contributed by atoms with Crippen LogP contribution in [-0.2, 0) is 0 Å². The van der Waals surface area contributed by atoms with E-state index in [2.05, 4.69) is 15.3 Å². The normalized spacial score (nSPS) is 10.1. The van der Waals surface area contributed by atoms with E-state index in [9.17, 15) is 0 Å². The quantitative estimate of drug-likeness (QED) is 0.812. The van der Waals surface area contributed by atoms with E-state index >= 15 is 0 Å². The summed E-state index contributed by atoms with van der Waals surface area (Å²) in [6, 6.07) is 9.04. The molecule has 0 aliphatic carbocycles. The van der Waals surface area contributed by atoms with Gasteiger partial charge in [0.2, 0.25) is 5.28 Å². The van der Waals surface area contributed by atoms with Gasteiger partial charge in [0.1, 0.15) is 18.2 Å². The molecular formula is C12H12ClN3O2. The summed E-state index contributed by atoms with van der Waals surface area (Å²) in [5.41, 5.74) is 0.862. The monoisotopic (exact) mass is 265 g/mol. The fourth-order valence-corrected chi connectivity index (χ4v) is 1.50. The summed E-state index contributed by atoms with van der Waals surface area (Å²) in [4.78, 5) is 7.82. The highest BCUT2D eigenvalue weighted by Crippen LogP contribution is 2.19. The molecular weight excluding hydrogens is 254 g/mol. The van der Waals surface area contributed by atoms with Gasteiger partial charge in [-0.15, -0.1) is 0 Å². The van der Waals surface area contributed by atoms with Crippen LogP contribution in [0.5, 0.6) is 5.75 Å². The molecule has 2 rings (SSSR count). The van der Waals surface area contributed by atoms with E-state index in [1.54, 1.807) is 24.4 Å². The number of anilines is 2. The average Bonchev–Trinajstić information content (AvgIpc) is 2.38. The Balaban J connectivity index is 2.02. The molecule has 0 unspecified atom stereocenters. The van der Waals surface area contributed by atoms with Crippen LogP contribution < -0.4 is 10.1 Å². The lowest BCUT2D eigenvalue weighted by Gasteiger charge is -2.07. The van der Waals surface area contributed by atoms with E-state index in [0.29, 0.717) is 11.6 Å². The summed E-state index contributed by atoms with van der Waals surface area (Å²) in [5, 5.41) is 11.9. The van der Waals surface area contributed by atoms with E-state index in [0.717, 1.165) is 5.69 Å². The van der Waals surface area contributed by atoms with Crippen LogP contribution in [0.4, 0.5) is 11.5 Å². The van der Waals surface area contributed by atoms with Gasteiger partial charge in [0.15, 0.2) is 0 Å². The van der Waals surface area contributed by atoms with Gasteiger partial charge in [-0.1, -0.05) is 0 Å². The van der Waals surface area contributed by atoms with Crippen LogP contribution in [0.15, 0.2) is 36.5 Å². The third-order valence-electron chi connectivity index (χ3n) is 2.11. The number of hydrogen-bond acceptors (Lipinski definition) is 5. The number of halogens is 1. The molecule has 0 aliphatic rings. The topological polar surface area (TPSA) is 67.3 Å². The smallest absolute Gasteiger partial charge is 0.224 e. The van der Waals surface area contributed by atoms with Crippen LogP contribution in [0.2, 0.25) is 5.28 Å². The molecule has 0 atom stereocenters. The SMILES string of the molecule is OCCOc1ccc(Nc2ccnc(Cl)n2)cc1. The summed E-state index contributed by atoms with van der Waals surface area (Å²) < 4.78 is 5.25. The van der Waals surface area contributed by atoms with Crippen LogP contribution in [0.3, 0.4) is 0 Å². The summed E-state index contributed by atoms with van der Waals surface area (Å²) in [6.45, 7) is 0.285. The van der Waals surface area contributed by atoms with Gasteiger partial charge >= 0.3 is 0 Å². The highest BCUT2D eigenvalue weighted by molar-refractivity contribution is 6.28. The molecule has 6 heteroatoms. The van der Waals surface area contributed by atoms with E-state index in [1.165, 1.54) is 0 Å². The number of benzene rings is 1. The highest BCUT2D eigenvalue weighted by Gasteiger charge is 1.98. The van der Waals surface area contributed by atoms with Crippen LogP contribution >= 0.6 is 11.6 Å². The second kappa shape index (κ2) is 6.18. The molecule has 0 aliphatic heterocycles. The Morgan fingerprint density at radius 3 is 2.67 bits per heavy atom. The number of aromatic nitrogens is 2. The third-order valence-corrected chi connectivity index (χ3v) is 2.30. The summed E-state index contributed by atoms with van der Waals surface area (Å²) in [5.74, 6) is 1.33. The Bertz CT molecular complexity index is 505. The lowest BCUT2D eigenvalue weighted by molar-refractivity contribution is 0.201. The number of aliphatic hydroxyl groups is 1. The van der Waals surface area contributed by atoms with Crippen molar-refractivity contribution in [2.24, 2.45) is 0 Å². The van der Waals surface area contributed by atoms with E-state index in [4.69, 9.17) is 21.4 Å². The standard InChI is InChI=1S/C12H12ClN3O2/c13-12-14-6-5-11(16-12)15-9-1-3-10(4-2-9)18-8-7-17/h1-6,17H,7-8H2,(H,14,15,16). The Morgan fingerprint density at radius 2 is 2.00 bits per heavy atom. The lowest BCUT2D eigenvalue weighted by Crippen LogP contribution is -2.01. The molecule has 0 radical (unpaired) electrons. The number of hydrogen-bond donors (Lipinski definition) is 2. The number of nitrogens with one attached hydrogen (secondary N) is 1. The van der Waals surface area contributed by atoms with Gasteiger partial charge in [0, 0.05) is 11.9 Å². The Morgan fingerprint density at radius 1 is 1.22 bits per heavy atom. The zero-order valence-corrected chi connectivity index (χ0v) is 10.3. The lowest BCUT2D eigenvalue weighted by atomic mass is 10.3. The number of rotatable bonds is 5. The molecule has 1 aromatic heterocycles. The summed E-state index contributed by atoms with van der Waals surface area (Å²) in [6.07, 6.45) is 1.58. The van der Waals surface area contributed by atoms with Crippen molar-refractivity contribution in [2.45, 2.75) is 0 Å². The van der Waals surface area contributed by atoms with Gasteiger partial charge in [-0.25, -0.2) is 9.97 Å². The van der Waals surface area contributed by atoms with E-state index in [1.807, 2.05) is 12.1 Å². The van der Waals surface area contributed by atoms with Crippen molar-refractivity contribution in [3.8, 4) is 5.75 Å². The maximum absolute atomic E-state index is 8.64.